The van der Waals surface area contributed by atoms with Crippen LogP contribution in [0.4, 0.5) is 0 Å². The SMILES string of the molecule is CC(C)CC(C)(C(=O)NC(C)C)C(C)C. The molecule has 0 aliphatic heterocycles. The van der Waals surface area contributed by atoms with E-state index in [0.717, 1.165) is 6.42 Å². The standard InChI is InChI=1S/C13H27NO/c1-9(2)8-13(7,10(3)4)12(15)14-11(5)6/h9-11H,8H2,1-7H3,(H,14,15). The highest BCUT2D eigenvalue weighted by Crippen LogP contribution is 2.34. The zero-order chi connectivity index (χ0) is 12.2. The van der Waals surface area contributed by atoms with Crippen molar-refractivity contribution in [3.8, 4) is 0 Å². The molecule has 0 spiro atoms. The Morgan fingerprint density at radius 1 is 1.13 bits per heavy atom. The van der Waals surface area contributed by atoms with Crippen molar-refractivity contribution in [3.63, 3.8) is 0 Å². The van der Waals surface area contributed by atoms with Gasteiger partial charge in [-0.15, -0.1) is 0 Å². The average molecular weight is 213 g/mol. The molecule has 0 heterocycles. The first kappa shape index (κ1) is 14.5. The second-order valence-corrected chi connectivity index (χ2v) is 5.80. The van der Waals surface area contributed by atoms with Crippen LogP contribution < -0.4 is 5.32 Å². The van der Waals surface area contributed by atoms with E-state index in [0.29, 0.717) is 11.8 Å². The van der Waals surface area contributed by atoms with E-state index in [1.54, 1.807) is 0 Å². The topological polar surface area (TPSA) is 29.1 Å². The van der Waals surface area contributed by atoms with Gasteiger partial charge in [-0.3, -0.25) is 4.79 Å². The van der Waals surface area contributed by atoms with Crippen molar-refractivity contribution in [1.29, 1.82) is 0 Å². The summed E-state index contributed by atoms with van der Waals surface area (Å²) >= 11 is 0. The van der Waals surface area contributed by atoms with Crippen LogP contribution in [0.3, 0.4) is 0 Å². The van der Waals surface area contributed by atoms with E-state index < -0.39 is 0 Å². The summed E-state index contributed by atoms with van der Waals surface area (Å²) in [7, 11) is 0. The molecule has 1 N–H and O–H groups in total. The number of hydrogen-bond donors (Lipinski definition) is 1. The minimum Gasteiger partial charge on any atom is -0.353 e. The Bertz CT molecular complexity index is 209. The van der Waals surface area contributed by atoms with E-state index in [-0.39, 0.29) is 17.4 Å². The fourth-order valence-electron chi connectivity index (χ4n) is 1.87. The largest absolute Gasteiger partial charge is 0.353 e. The van der Waals surface area contributed by atoms with Crippen LogP contribution in [0.25, 0.3) is 0 Å². The van der Waals surface area contributed by atoms with Crippen LogP contribution in [0.1, 0.15) is 54.9 Å². The van der Waals surface area contributed by atoms with Gasteiger partial charge < -0.3 is 5.32 Å². The van der Waals surface area contributed by atoms with Gasteiger partial charge in [0.2, 0.25) is 5.91 Å². The molecule has 0 fully saturated rings. The van der Waals surface area contributed by atoms with Crippen LogP contribution in [0, 0.1) is 17.3 Å². The van der Waals surface area contributed by atoms with Crippen LogP contribution in [0.2, 0.25) is 0 Å². The third-order valence-electron chi connectivity index (χ3n) is 3.05. The van der Waals surface area contributed by atoms with Crippen LogP contribution in [0.5, 0.6) is 0 Å². The summed E-state index contributed by atoms with van der Waals surface area (Å²) in [5, 5.41) is 3.03. The highest BCUT2D eigenvalue weighted by Gasteiger charge is 2.37. The first-order valence-corrected chi connectivity index (χ1v) is 6.01. The number of nitrogens with one attached hydrogen (secondary N) is 1. The Kier molecular flexibility index (Phi) is 5.33. The fraction of sp³-hybridized carbons (Fsp3) is 0.923. The molecule has 90 valence electrons. The fourth-order valence-corrected chi connectivity index (χ4v) is 1.87. The summed E-state index contributed by atoms with van der Waals surface area (Å²) < 4.78 is 0. The number of rotatable bonds is 5. The zero-order valence-electron chi connectivity index (χ0n) is 11.3. The second-order valence-electron chi connectivity index (χ2n) is 5.80. The molecule has 1 amide bonds. The molecule has 0 aromatic heterocycles. The molecule has 2 nitrogen and oxygen atoms in total. The van der Waals surface area contributed by atoms with Crippen LogP contribution in [-0.2, 0) is 4.79 Å². The van der Waals surface area contributed by atoms with Gasteiger partial charge in [0.15, 0.2) is 0 Å². The highest BCUT2D eigenvalue weighted by molar-refractivity contribution is 5.82. The van der Waals surface area contributed by atoms with Crippen LogP contribution >= 0.6 is 0 Å². The van der Waals surface area contributed by atoms with Crippen molar-refractivity contribution >= 4 is 5.91 Å². The molecule has 0 saturated carbocycles. The number of amides is 1. The summed E-state index contributed by atoms with van der Waals surface area (Å²) in [6.07, 6.45) is 0.948. The van der Waals surface area contributed by atoms with Gasteiger partial charge in [-0.2, -0.15) is 0 Å². The van der Waals surface area contributed by atoms with Crippen molar-refractivity contribution in [2.24, 2.45) is 17.3 Å². The second kappa shape index (κ2) is 5.53. The molecule has 0 aromatic carbocycles. The van der Waals surface area contributed by atoms with Gasteiger partial charge in [0, 0.05) is 11.5 Å². The molecule has 0 saturated heterocycles. The van der Waals surface area contributed by atoms with Crippen molar-refractivity contribution in [3.05, 3.63) is 0 Å². The molecule has 0 rings (SSSR count). The van der Waals surface area contributed by atoms with Gasteiger partial charge in [-0.05, 0) is 32.1 Å². The Labute approximate surface area is 94.8 Å². The van der Waals surface area contributed by atoms with Crippen molar-refractivity contribution in [1.82, 2.24) is 5.32 Å². The third-order valence-corrected chi connectivity index (χ3v) is 3.05. The Balaban J connectivity index is 4.70. The maximum atomic E-state index is 12.1. The van der Waals surface area contributed by atoms with Crippen LogP contribution in [-0.4, -0.2) is 11.9 Å². The van der Waals surface area contributed by atoms with E-state index in [4.69, 9.17) is 0 Å². The summed E-state index contributed by atoms with van der Waals surface area (Å²) in [4.78, 5) is 12.1. The summed E-state index contributed by atoms with van der Waals surface area (Å²) in [5.74, 6) is 1.12. The third kappa shape index (κ3) is 4.23. The molecular formula is C13H27NO. The van der Waals surface area contributed by atoms with Gasteiger partial charge in [0.1, 0.15) is 0 Å². The average Bonchev–Trinajstić information content (AvgIpc) is 2.00. The molecule has 0 bridgehead atoms. The summed E-state index contributed by atoms with van der Waals surface area (Å²) in [5.41, 5.74) is -0.238. The number of carbonyl (C=O) groups is 1. The lowest BCUT2D eigenvalue weighted by Crippen LogP contribution is -2.45. The molecule has 1 unspecified atom stereocenters. The number of carbonyl (C=O) groups excluding carboxylic acids is 1. The smallest absolute Gasteiger partial charge is 0.226 e. The molecule has 0 radical (unpaired) electrons. The van der Waals surface area contributed by atoms with Gasteiger partial charge in [0.05, 0.1) is 0 Å². The maximum absolute atomic E-state index is 12.1. The van der Waals surface area contributed by atoms with Crippen molar-refractivity contribution < 1.29 is 4.79 Å². The molecule has 2 heteroatoms. The minimum atomic E-state index is -0.238. The first-order valence-electron chi connectivity index (χ1n) is 6.01. The quantitative estimate of drug-likeness (QED) is 0.746. The van der Waals surface area contributed by atoms with Gasteiger partial charge >= 0.3 is 0 Å². The van der Waals surface area contributed by atoms with Gasteiger partial charge in [-0.1, -0.05) is 34.6 Å². The number of hydrogen-bond acceptors (Lipinski definition) is 1. The van der Waals surface area contributed by atoms with E-state index in [1.807, 2.05) is 13.8 Å². The van der Waals surface area contributed by atoms with Crippen molar-refractivity contribution in [2.75, 3.05) is 0 Å². The predicted octanol–water partition coefficient (Wildman–Crippen LogP) is 3.22. The van der Waals surface area contributed by atoms with Gasteiger partial charge in [0.25, 0.3) is 0 Å². The Morgan fingerprint density at radius 2 is 1.60 bits per heavy atom. The Hall–Kier alpha value is -0.530. The molecule has 15 heavy (non-hydrogen) atoms. The molecule has 0 aliphatic carbocycles. The lowest BCUT2D eigenvalue weighted by molar-refractivity contribution is -0.134. The first-order chi connectivity index (χ1) is 6.70. The van der Waals surface area contributed by atoms with E-state index >= 15 is 0 Å². The van der Waals surface area contributed by atoms with E-state index in [2.05, 4.69) is 39.9 Å². The van der Waals surface area contributed by atoms with Crippen LogP contribution in [0.15, 0.2) is 0 Å². The summed E-state index contributed by atoms with van der Waals surface area (Å²) in [6.45, 7) is 14.7. The molecule has 0 aliphatic rings. The summed E-state index contributed by atoms with van der Waals surface area (Å²) in [6, 6.07) is 0.225. The van der Waals surface area contributed by atoms with E-state index in [9.17, 15) is 4.79 Å². The lowest BCUT2D eigenvalue weighted by Gasteiger charge is -2.34. The molecule has 0 aromatic rings. The van der Waals surface area contributed by atoms with Gasteiger partial charge in [-0.25, -0.2) is 0 Å². The normalized spacial score (nSPS) is 15.9. The Morgan fingerprint density at radius 3 is 1.87 bits per heavy atom. The monoisotopic (exact) mass is 213 g/mol. The minimum absolute atomic E-state index is 0.196. The zero-order valence-corrected chi connectivity index (χ0v) is 11.3. The van der Waals surface area contributed by atoms with Crippen molar-refractivity contribution in [2.45, 2.75) is 60.9 Å². The predicted molar refractivity (Wildman–Crippen MR) is 65.7 cm³/mol. The highest BCUT2D eigenvalue weighted by atomic mass is 16.2. The molecule has 1 atom stereocenters. The molecular weight excluding hydrogens is 186 g/mol. The maximum Gasteiger partial charge on any atom is 0.226 e. The lowest BCUT2D eigenvalue weighted by atomic mass is 9.72. The van der Waals surface area contributed by atoms with E-state index in [1.165, 1.54) is 0 Å².